The van der Waals surface area contributed by atoms with Crippen LogP contribution in [-0.4, -0.2) is 21.7 Å². The van der Waals surface area contributed by atoms with E-state index in [2.05, 4.69) is 0 Å². The second-order valence-corrected chi connectivity index (χ2v) is 3.06. The summed E-state index contributed by atoms with van der Waals surface area (Å²) in [5.74, 6) is 0. The van der Waals surface area contributed by atoms with Gasteiger partial charge in [-0.25, -0.2) is 0 Å². The minimum Gasteiger partial charge on any atom is -0.372 e. The van der Waals surface area contributed by atoms with Crippen LogP contribution in [-0.2, 0) is 0 Å². The van der Waals surface area contributed by atoms with Crippen molar-refractivity contribution in [1.82, 2.24) is 0 Å². The Kier molecular flexibility index (Phi) is 1.72. The van der Waals surface area contributed by atoms with Crippen LogP contribution in [0.1, 0.15) is 25.7 Å². The monoisotopic (exact) mass is 146 g/mol. The summed E-state index contributed by atoms with van der Waals surface area (Å²) in [5.41, 5.74) is 7.49. The molecule has 0 radical (unpaired) electrons. The summed E-state index contributed by atoms with van der Waals surface area (Å²) in [5, 5.41) is 18.6. The fourth-order valence-corrected chi connectivity index (χ4v) is 1.22. The lowest BCUT2D eigenvalue weighted by atomic mass is 9.85. The zero-order valence-corrected chi connectivity index (χ0v) is 5.88. The largest absolute Gasteiger partial charge is 0.372 e. The molecule has 0 heterocycles. The molecule has 0 aromatic heterocycles. The molecule has 1 saturated carbocycles. The standard InChI is InChI=1S/C6H14N2O2/c7-5(9)3-1-2-4-6(5,8)10/h9-10H,1-4,7-8H2/t5-,6-/m1/s1. The maximum absolute atomic E-state index is 9.30. The van der Waals surface area contributed by atoms with Gasteiger partial charge in [0.2, 0.25) is 0 Å². The zero-order valence-electron chi connectivity index (χ0n) is 5.88. The minimum absolute atomic E-state index is 0.375. The molecule has 0 aliphatic heterocycles. The molecule has 0 bridgehead atoms. The van der Waals surface area contributed by atoms with E-state index in [4.69, 9.17) is 11.5 Å². The first kappa shape index (κ1) is 7.94. The van der Waals surface area contributed by atoms with Gasteiger partial charge >= 0.3 is 0 Å². The third-order valence-electron chi connectivity index (χ3n) is 2.12. The van der Waals surface area contributed by atoms with Crippen molar-refractivity contribution in [2.45, 2.75) is 37.1 Å². The smallest absolute Gasteiger partial charge is 0.155 e. The number of hydrogen-bond donors (Lipinski definition) is 4. The van der Waals surface area contributed by atoms with Crippen LogP contribution >= 0.6 is 0 Å². The molecule has 0 amide bonds. The Hall–Kier alpha value is -0.160. The molecule has 1 aliphatic carbocycles. The SMILES string of the molecule is N[C@@]1(O)CCCC[C@@]1(N)O. The maximum atomic E-state index is 9.30. The predicted molar refractivity (Wildman–Crippen MR) is 36.7 cm³/mol. The Morgan fingerprint density at radius 1 is 0.900 bits per heavy atom. The van der Waals surface area contributed by atoms with Crippen LogP contribution in [0.2, 0.25) is 0 Å². The molecule has 0 aromatic rings. The molecule has 0 aromatic carbocycles. The molecule has 2 atom stereocenters. The first-order valence-corrected chi connectivity index (χ1v) is 3.48. The van der Waals surface area contributed by atoms with E-state index < -0.39 is 11.4 Å². The zero-order chi connectivity index (χ0) is 7.83. The van der Waals surface area contributed by atoms with Gasteiger partial charge in [0.25, 0.3) is 0 Å². The first-order chi connectivity index (χ1) is 4.46. The van der Waals surface area contributed by atoms with Gasteiger partial charge in [-0.1, -0.05) is 0 Å². The molecule has 4 nitrogen and oxygen atoms in total. The highest BCUT2D eigenvalue weighted by Gasteiger charge is 2.44. The molecule has 4 heteroatoms. The maximum Gasteiger partial charge on any atom is 0.155 e. The molecule has 60 valence electrons. The minimum atomic E-state index is -1.59. The van der Waals surface area contributed by atoms with Gasteiger partial charge in [0.15, 0.2) is 11.4 Å². The second-order valence-electron chi connectivity index (χ2n) is 3.06. The van der Waals surface area contributed by atoms with Gasteiger partial charge in [0.1, 0.15) is 0 Å². The lowest BCUT2D eigenvalue weighted by molar-refractivity contribution is -0.168. The number of rotatable bonds is 0. The highest BCUT2D eigenvalue weighted by molar-refractivity contribution is 4.93. The summed E-state index contributed by atoms with van der Waals surface area (Å²) in [6.07, 6.45) is 2.40. The lowest BCUT2D eigenvalue weighted by Gasteiger charge is -2.41. The summed E-state index contributed by atoms with van der Waals surface area (Å²) in [7, 11) is 0. The van der Waals surface area contributed by atoms with Crippen molar-refractivity contribution in [3.63, 3.8) is 0 Å². The molecular weight excluding hydrogens is 132 g/mol. The highest BCUT2D eigenvalue weighted by Crippen LogP contribution is 2.29. The van der Waals surface area contributed by atoms with E-state index in [-0.39, 0.29) is 0 Å². The van der Waals surface area contributed by atoms with E-state index in [1.165, 1.54) is 0 Å². The van der Waals surface area contributed by atoms with Crippen molar-refractivity contribution in [1.29, 1.82) is 0 Å². The van der Waals surface area contributed by atoms with Gasteiger partial charge in [0.05, 0.1) is 0 Å². The van der Waals surface area contributed by atoms with Crippen LogP contribution in [0.15, 0.2) is 0 Å². The van der Waals surface area contributed by atoms with E-state index in [0.29, 0.717) is 12.8 Å². The summed E-state index contributed by atoms with van der Waals surface area (Å²) >= 11 is 0. The van der Waals surface area contributed by atoms with Gasteiger partial charge in [-0.05, 0) is 25.7 Å². The highest BCUT2D eigenvalue weighted by atomic mass is 16.4. The van der Waals surface area contributed by atoms with E-state index in [1.807, 2.05) is 0 Å². The Bertz CT molecular complexity index is 118. The van der Waals surface area contributed by atoms with Crippen molar-refractivity contribution in [2.75, 3.05) is 0 Å². The molecular formula is C6H14N2O2. The van der Waals surface area contributed by atoms with Crippen LogP contribution in [0.5, 0.6) is 0 Å². The number of aliphatic hydroxyl groups is 2. The van der Waals surface area contributed by atoms with Crippen molar-refractivity contribution >= 4 is 0 Å². The average Bonchev–Trinajstić information content (AvgIpc) is 1.77. The van der Waals surface area contributed by atoms with E-state index in [9.17, 15) is 10.2 Å². The van der Waals surface area contributed by atoms with E-state index in [0.717, 1.165) is 12.8 Å². The predicted octanol–water partition coefficient (Wildman–Crippen LogP) is -1.15. The Morgan fingerprint density at radius 2 is 1.20 bits per heavy atom. The molecule has 0 spiro atoms. The lowest BCUT2D eigenvalue weighted by Crippen LogP contribution is -2.67. The van der Waals surface area contributed by atoms with Crippen LogP contribution < -0.4 is 11.5 Å². The molecule has 0 unspecified atom stereocenters. The van der Waals surface area contributed by atoms with Crippen LogP contribution in [0.3, 0.4) is 0 Å². The summed E-state index contributed by atoms with van der Waals surface area (Å²) in [6.45, 7) is 0. The second kappa shape index (κ2) is 2.17. The van der Waals surface area contributed by atoms with Gasteiger partial charge in [-0.2, -0.15) is 0 Å². The first-order valence-electron chi connectivity index (χ1n) is 3.48. The molecule has 1 rings (SSSR count). The van der Waals surface area contributed by atoms with Crippen LogP contribution in [0, 0.1) is 0 Å². The van der Waals surface area contributed by atoms with Crippen LogP contribution in [0.25, 0.3) is 0 Å². The summed E-state index contributed by atoms with van der Waals surface area (Å²) in [4.78, 5) is 0. The van der Waals surface area contributed by atoms with Gasteiger partial charge in [-0.3, -0.25) is 0 Å². The Labute approximate surface area is 59.8 Å². The summed E-state index contributed by atoms with van der Waals surface area (Å²) in [6, 6.07) is 0. The molecule has 0 saturated heterocycles. The molecule has 1 fully saturated rings. The fourth-order valence-electron chi connectivity index (χ4n) is 1.22. The summed E-state index contributed by atoms with van der Waals surface area (Å²) < 4.78 is 0. The third kappa shape index (κ3) is 1.15. The van der Waals surface area contributed by atoms with E-state index in [1.54, 1.807) is 0 Å². The van der Waals surface area contributed by atoms with Crippen molar-refractivity contribution in [3.05, 3.63) is 0 Å². The van der Waals surface area contributed by atoms with Crippen molar-refractivity contribution in [3.8, 4) is 0 Å². The van der Waals surface area contributed by atoms with Crippen LogP contribution in [0.4, 0.5) is 0 Å². The molecule has 10 heavy (non-hydrogen) atoms. The van der Waals surface area contributed by atoms with E-state index >= 15 is 0 Å². The molecule has 1 aliphatic rings. The van der Waals surface area contributed by atoms with Gasteiger partial charge in [0, 0.05) is 0 Å². The van der Waals surface area contributed by atoms with Gasteiger partial charge in [-0.15, -0.1) is 0 Å². The topological polar surface area (TPSA) is 92.5 Å². The average molecular weight is 146 g/mol. The van der Waals surface area contributed by atoms with Crippen molar-refractivity contribution < 1.29 is 10.2 Å². The Morgan fingerprint density at radius 3 is 1.40 bits per heavy atom. The fraction of sp³-hybridized carbons (Fsp3) is 1.00. The number of nitrogens with two attached hydrogens (primary N) is 2. The van der Waals surface area contributed by atoms with Gasteiger partial charge < -0.3 is 21.7 Å². The number of hydrogen-bond acceptors (Lipinski definition) is 4. The Balaban J connectivity index is 2.70. The van der Waals surface area contributed by atoms with Crippen molar-refractivity contribution in [2.24, 2.45) is 11.5 Å². The molecule has 6 N–H and O–H groups in total. The normalized spacial score (nSPS) is 49.2. The third-order valence-corrected chi connectivity index (χ3v) is 2.12. The quantitative estimate of drug-likeness (QED) is 0.325.